The zero-order chi connectivity index (χ0) is 16.1. The van der Waals surface area contributed by atoms with Gasteiger partial charge in [0.2, 0.25) is 5.60 Å². The second kappa shape index (κ2) is 4.93. The van der Waals surface area contributed by atoms with Crippen LogP contribution in [0, 0.1) is 0 Å². The first-order valence-corrected chi connectivity index (χ1v) is 6.37. The lowest BCUT2D eigenvalue weighted by Crippen LogP contribution is -2.70. The Bertz CT molecular complexity index is 475. The van der Waals surface area contributed by atoms with Crippen molar-refractivity contribution < 1.29 is 39.5 Å². The zero-order valence-electron chi connectivity index (χ0n) is 11.0. The number of ether oxygens (including phenoxy) is 1. The molecule has 5 atom stereocenters. The van der Waals surface area contributed by atoms with Crippen molar-refractivity contribution in [3.05, 3.63) is 0 Å². The van der Waals surface area contributed by atoms with Crippen LogP contribution in [0.5, 0.6) is 0 Å². The number of hydrogen-bond acceptors (Lipinski definition) is 8. The summed E-state index contributed by atoms with van der Waals surface area (Å²) in [6.07, 6.45) is -4.04. The van der Waals surface area contributed by atoms with Crippen LogP contribution in [-0.4, -0.2) is 65.9 Å². The van der Waals surface area contributed by atoms with Gasteiger partial charge in [0.05, 0.1) is 0 Å². The molecule has 0 saturated carbocycles. The minimum absolute atomic E-state index is 0.812. The molecule has 0 aliphatic carbocycles. The Balaban J connectivity index is 3.57. The van der Waals surface area contributed by atoms with Gasteiger partial charge in [0.1, 0.15) is 12.2 Å². The summed E-state index contributed by atoms with van der Waals surface area (Å²) in [7, 11) is 0. The van der Waals surface area contributed by atoms with Crippen LogP contribution >= 0.6 is 15.9 Å². The number of halogens is 1. The Hall–Kier alpha value is -0.710. The number of hydrogen-bond donors (Lipinski definition) is 4. The van der Waals surface area contributed by atoms with E-state index in [1.165, 1.54) is 0 Å². The van der Waals surface area contributed by atoms with Gasteiger partial charge >= 0.3 is 0 Å². The van der Waals surface area contributed by atoms with Gasteiger partial charge in [-0.05, 0) is 36.7 Å². The maximum atomic E-state index is 11.7. The summed E-state index contributed by atoms with van der Waals surface area (Å²) in [5.41, 5.74) is -6.09. The SMILES string of the molecule is CC(=O)C(O)[C@H]1OC(O)(Br)[C@@](O)(C(C)=O)[C@@]1(O)C(C)=O. The zero-order valence-corrected chi connectivity index (χ0v) is 12.5. The third-order valence-corrected chi connectivity index (χ3v) is 4.20. The van der Waals surface area contributed by atoms with Crippen molar-refractivity contribution in [3.8, 4) is 0 Å². The van der Waals surface area contributed by atoms with Gasteiger partial charge in [0.25, 0.3) is 4.70 Å². The third-order valence-electron chi connectivity index (χ3n) is 3.44. The first-order valence-electron chi connectivity index (χ1n) is 5.58. The molecule has 1 heterocycles. The summed E-state index contributed by atoms with van der Waals surface area (Å²) in [6, 6.07) is 0. The first kappa shape index (κ1) is 17.3. The highest BCUT2D eigenvalue weighted by Crippen LogP contribution is 2.50. The summed E-state index contributed by atoms with van der Waals surface area (Å²) < 4.78 is 1.95. The van der Waals surface area contributed by atoms with E-state index in [0.29, 0.717) is 0 Å². The van der Waals surface area contributed by atoms with Crippen LogP contribution in [0.15, 0.2) is 0 Å². The maximum absolute atomic E-state index is 11.7. The maximum Gasteiger partial charge on any atom is 0.265 e. The van der Waals surface area contributed by atoms with Gasteiger partial charge in [-0.1, -0.05) is 0 Å². The summed E-state index contributed by atoms with van der Waals surface area (Å²) in [5, 5.41) is 40.4. The number of carbonyl (C=O) groups is 3. The van der Waals surface area contributed by atoms with E-state index in [9.17, 15) is 34.8 Å². The molecule has 8 nitrogen and oxygen atoms in total. The molecule has 0 amide bonds. The van der Waals surface area contributed by atoms with Crippen LogP contribution in [0.1, 0.15) is 20.8 Å². The van der Waals surface area contributed by atoms with E-state index in [2.05, 4.69) is 15.9 Å². The summed E-state index contributed by atoms with van der Waals surface area (Å²) in [4.78, 5) is 34.6. The fourth-order valence-corrected chi connectivity index (χ4v) is 3.01. The van der Waals surface area contributed by atoms with Crippen LogP contribution in [0.25, 0.3) is 0 Å². The van der Waals surface area contributed by atoms with Gasteiger partial charge in [0, 0.05) is 0 Å². The predicted molar refractivity (Wildman–Crippen MR) is 66.7 cm³/mol. The molecule has 0 radical (unpaired) electrons. The monoisotopic (exact) mass is 354 g/mol. The minimum Gasteiger partial charge on any atom is -0.382 e. The molecule has 114 valence electrons. The lowest BCUT2D eigenvalue weighted by Gasteiger charge is -2.38. The number of rotatable bonds is 4. The van der Waals surface area contributed by atoms with Crippen LogP contribution in [0.3, 0.4) is 0 Å². The Labute approximate surface area is 122 Å². The Kier molecular flexibility index (Phi) is 4.28. The largest absolute Gasteiger partial charge is 0.382 e. The van der Waals surface area contributed by atoms with Gasteiger partial charge in [-0.2, -0.15) is 0 Å². The molecular weight excluding hydrogens is 340 g/mol. The van der Waals surface area contributed by atoms with E-state index in [0.717, 1.165) is 20.8 Å². The molecule has 1 fully saturated rings. The van der Waals surface area contributed by atoms with Gasteiger partial charge in [-0.25, -0.2) is 0 Å². The molecule has 0 aromatic carbocycles. The highest BCUT2D eigenvalue weighted by atomic mass is 79.9. The van der Waals surface area contributed by atoms with E-state index in [-0.39, 0.29) is 0 Å². The van der Waals surface area contributed by atoms with Gasteiger partial charge in [0.15, 0.2) is 23.0 Å². The average Bonchev–Trinajstić information content (AvgIpc) is 2.47. The van der Waals surface area contributed by atoms with E-state index in [4.69, 9.17) is 4.74 Å². The fraction of sp³-hybridized carbons (Fsp3) is 0.727. The van der Waals surface area contributed by atoms with Gasteiger partial charge in [-0.15, -0.1) is 0 Å². The van der Waals surface area contributed by atoms with E-state index in [1.54, 1.807) is 0 Å². The minimum atomic E-state index is -3.09. The number of carbonyl (C=O) groups excluding carboxylic acids is 3. The van der Waals surface area contributed by atoms with Crippen LogP contribution in [0.2, 0.25) is 0 Å². The molecule has 0 aromatic rings. The number of aliphatic hydroxyl groups excluding tert-OH is 1. The van der Waals surface area contributed by atoms with Crippen molar-refractivity contribution in [2.45, 2.75) is 48.9 Å². The molecule has 1 aliphatic heterocycles. The Morgan fingerprint density at radius 2 is 1.55 bits per heavy atom. The number of ketones is 3. The van der Waals surface area contributed by atoms with Crippen molar-refractivity contribution in [3.63, 3.8) is 0 Å². The van der Waals surface area contributed by atoms with E-state index in [1.807, 2.05) is 0 Å². The molecule has 0 bridgehead atoms. The number of aliphatic hydroxyl groups is 4. The van der Waals surface area contributed by atoms with Crippen LogP contribution < -0.4 is 0 Å². The Morgan fingerprint density at radius 3 is 1.85 bits per heavy atom. The molecule has 1 aliphatic rings. The molecule has 9 heteroatoms. The lowest BCUT2D eigenvalue weighted by molar-refractivity contribution is -0.209. The topological polar surface area (TPSA) is 141 Å². The predicted octanol–water partition coefficient (Wildman–Crippen LogP) is -1.98. The lowest BCUT2D eigenvalue weighted by atomic mass is 9.73. The average molecular weight is 355 g/mol. The smallest absolute Gasteiger partial charge is 0.265 e. The quantitative estimate of drug-likeness (QED) is 0.425. The normalized spacial score (nSPS) is 42.3. The first-order chi connectivity index (χ1) is 8.84. The number of alkyl halides is 1. The molecule has 0 aromatic heterocycles. The highest BCUT2D eigenvalue weighted by Gasteiger charge is 2.78. The van der Waals surface area contributed by atoms with Crippen molar-refractivity contribution in [1.82, 2.24) is 0 Å². The standard InChI is InChI=1S/C11H15BrO8/c1-4(13)7(16)8-9(17,5(2)14)10(18,6(3)15)11(12,19)20-8/h7-8,16-19H,1-3H3/t7?,8-,9-,10-,11?/m1/s1. The van der Waals surface area contributed by atoms with E-state index >= 15 is 0 Å². The summed E-state index contributed by atoms with van der Waals surface area (Å²) >= 11 is 2.50. The van der Waals surface area contributed by atoms with Crippen molar-refractivity contribution in [2.24, 2.45) is 0 Å². The van der Waals surface area contributed by atoms with E-state index < -0.39 is 45.5 Å². The Morgan fingerprint density at radius 1 is 1.10 bits per heavy atom. The van der Waals surface area contributed by atoms with Crippen molar-refractivity contribution in [1.29, 1.82) is 0 Å². The summed E-state index contributed by atoms with van der Waals surface area (Å²) in [6.45, 7) is 2.59. The molecule has 1 saturated heterocycles. The fourth-order valence-electron chi connectivity index (χ4n) is 2.23. The van der Waals surface area contributed by atoms with Gasteiger partial charge in [-0.3, -0.25) is 14.4 Å². The number of Topliss-reactive ketones (excluding diaryl/α,β-unsaturated/α-hetero) is 3. The van der Waals surface area contributed by atoms with Crippen molar-refractivity contribution >= 4 is 33.3 Å². The van der Waals surface area contributed by atoms with Gasteiger partial charge < -0.3 is 25.2 Å². The second-order valence-electron chi connectivity index (χ2n) is 4.74. The van der Waals surface area contributed by atoms with Crippen LogP contribution in [0.4, 0.5) is 0 Å². The third kappa shape index (κ3) is 1.97. The molecule has 20 heavy (non-hydrogen) atoms. The molecule has 2 unspecified atom stereocenters. The molecule has 0 spiro atoms. The molecular formula is C11H15BrO8. The summed E-state index contributed by atoms with van der Waals surface area (Å²) in [5.74, 6) is -3.23. The second-order valence-corrected chi connectivity index (χ2v) is 5.82. The molecule has 4 N–H and O–H groups in total. The van der Waals surface area contributed by atoms with Crippen LogP contribution in [-0.2, 0) is 19.1 Å². The van der Waals surface area contributed by atoms with Crippen molar-refractivity contribution in [2.75, 3.05) is 0 Å². The molecule has 1 rings (SSSR count). The highest BCUT2D eigenvalue weighted by molar-refractivity contribution is 9.10.